The van der Waals surface area contributed by atoms with Crippen LogP contribution in [0.1, 0.15) is 29.1 Å². The second-order valence-electron chi connectivity index (χ2n) is 5.33. The van der Waals surface area contributed by atoms with Crippen LogP contribution in [-0.4, -0.2) is 34.3 Å². The van der Waals surface area contributed by atoms with Crippen LogP contribution in [0.15, 0.2) is 34.9 Å². The van der Waals surface area contributed by atoms with Crippen molar-refractivity contribution in [2.75, 3.05) is 11.9 Å². The summed E-state index contributed by atoms with van der Waals surface area (Å²) in [4.78, 5) is 31.6. The third-order valence-electron chi connectivity index (χ3n) is 3.17. The fraction of sp³-hybridized carbons (Fsp3) is 0.312. The minimum absolute atomic E-state index is 0.0174. The van der Waals surface area contributed by atoms with Crippen molar-refractivity contribution < 1.29 is 9.59 Å². The predicted molar refractivity (Wildman–Crippen MR) is 95.8 cm³/mol. The Labute approximate surface area is 147 Å². The van der Waals surface area contributed by atoms with E-state index in [2.05, 4.69) is 26.2 Å². The highest BCUT2D eigenvalue weighted by Crippen LogP contribution is 2.20. The first kappa shape index (κ1) is 17.6. The van der Waals surface area contributed by atoms with E-state index in [4.69, 9.17) is 0 Å². The molecule has 1 heterocycles. The molecule has 0 spiro atoms. The molecule has 2 amide bonds. The normalized spacial score (nSPS) is 10.7. The molecule has 0 aliphatic carbocycles. The lowest BCUT2D eigenvalue weighted by Gasteiger charge is -2.26. The Morgan fingerprint density at radius 3 is 2.61 bits per heavy atom. The van der Waals surface area contributed by atoms with Crippen LogP contribution in [0.25, 0.3) is 0 Å². The monoisotopic (exact) mass is 395 g/mol. The van der Waals surface area contributed by atoms with E-state index in [1.165, 1.54) is 16.2 Å². The number of aromatic nitrogens is 1. The van der Waals surface area contributed by atoms with Gasteiger partial charge in [-0.2, -0.15) is 0 Å². The second kappa shape index (κ2) is 7.70. The minimum Gasteiger partial charge on any atom is -0.327 e. The Morgan fingerprint density at radius 2 is 2.04 bits per heavy atom. The summed E-state index contributed by atoms with van der Waals surface area (Å²) in [5, 5.41) is 3.28. The van der Waals surface area contributed by atoms with E-state index in [0.717, 1.165) is 4.88 Å². The maximum Gasteiger partial charge on any atom is 0.255 e. The predicted octanol–water partition coefficient (Wildman–Crippen LogP) is 3.70. The Morgan fingerprint density at radius 1 is 1.35 bits per heavy atom. The zero-order chi connectivity index (χ0) is 17.0. The van der Waals surface area contributed by atoms with Crippen molar-refractivity contribution in [2.24, 2.45) is 0 Å². The third-order valence-corrected chi connectivity index (χ3v) is 4.69. The largest absolute Gasteiger partial charge is 0.327 e. The lowest BCUT2D eigenvalue weighted by molar-refractivity contribution is -0.117. The summed E-state index contributed by atoms with van der Waals surface area (Å²) in [5.74, 6) is -0.439. The topological polar surface area (TPSA) is 62.3 Å². The molecule has 2 rings (SSSR count). The van der Waals surface area contributed by atoms with Crippen molar-refractivity contribution in [2.45, 2.75) is 26.8 Å². The first-order valence-electron chi connectivity index (χ1n) is 7.16. The number of thiazole rings is 1. The molecular formula is C16H18BrN3O2S. The number of aryl methyl sites for hydroxylation is 1. The highest BCUT2D eigenvalue weighted by Gasteiger charge is 2.23. The summed E-state index contributed by atoms with van der Waals surface area (Å²) >= 11 is 4.79. The number of hydrogen-bond donors (Lipinski definition) is 1. The number of halogens is 1. The zero-order valence-corrected chi connectivity index (χ0v) is 15.6. The van der Waals surface area contributed by atoms with Crippen molar-refractivity contribution in [1.29, 1.82) is 0 Å². The van der Waals surface area contributed by atoms with E-state index in [-0.39, 0.29) is 24.4 Å². The molecule has 23 heavy (non-hydrogen) atoms. The molecule has 0 fully saturated rings. The van der Waals surface area contributed by atoms with Crippen LogP contribution in [-0.2, 0) is 4.79 Å². The van der Waals surface area contributed by atoms with Gasteiger partial charge in [-0.3, -0.25) is 9.59 Å². The lowest BCUT2D eigenvalue weighted by atomic mass is 10.1. The molecular weight excluding hydrogens is 378 g/mol. The van der Waals surface area contributed by atoms with Gasteiger partial charge < -0.3 is 10.2 Å². The van der Waals surface area contributed by atoms with E-state index in [9.17, 15) is 9.59 Å². The standard InChI is InChI=1S/C16H18BrN3O2S/c1-10(2)20(15(22)12-6-4-5-7-13(12)17)9-14(21)19-16-18-8-11(3)23-16/h4-8,10H,9H2,1-3H3,(H,18,19,21). The fourth-order valence-corrected chi connectivity index (χ4v) is 3.14. The third kappa shape index (κ3) is 4.62. The highest BCUT2D eigenvalue weighted by molar-refractivity contribution is 9.10. The van der Waals surface area contributed by atoms with E-state index in [1.807, 2.05) is 32.9 Å². The number of carbonyl (C=O) groups excluding carboxylic acids is 2. The van der Waals surface area contributed by atoms with Crippen molar-refractivity contribution in [3.8, 4) is 0 Å². The molecule has 0 saturated heterocycles. The number of rotatable bonds is 5. The molecule has 7 heteroatoms. The average Bonchev–Trinajstić information content (AvgIpc) is 2.89. The molecule has 0 atom stereocenters. The first-order valence-corrected chi connectivity index (χ1v) is 8.77. The summed E-state index contributed by atoms with van der Waals surface area (Å²) < 4.78 is 0.714. The van der Waals surface area contributed by atoms with Crippen LogP contribution in [0.3, 0.4) is 0 Å². The smallest absolute Gasteiger partial charge is 0.255 e. The first-order chi connectivity index (χ1) is 10.9. The van der Waals surface area contributed by atoms with E-state index in [1.54, 1.807) is 18.3 Å². The number of anilines is 1. The van der Waals surface area contributed by atoms with Gasteiger partial charge in [-0.1, -0.05) is 12.1 Å². The van der Waals surface area contributed by atoms with Gasteiger partial charge in [0.05, 0.1) is 5.56 Å². The van der Waals surface area contributed by atoms with Crippen LogP contribution >= 0.6 is 27.3 Å². The maximum absolute atomic E-state index is 12.7. The van der Waals surface area contributed by atoms with Crippen LogP contribution < -0.4 is 5.32 Å². The number of carbonyl (C=O) groups is 2. The van der Waals surface area contributed by atoms with Gasteiger partial charge in [-0.05, 0) is 48.8 Å². The maximum atomic E-state index is 12.7. The van der Waals surface area contributed by atoms with E-state index in [0.29, 0.717) is 15.2 Å². The number of hydrogen-bond acceptors (Lipinski definition) is 4. The Balaban J connectivity index is 2.11. The molecule has 0 aliphatic rings. The van der Waals surface area contributed by atoms with Crippen molar-refractivity contribution in [1.82, 2.24) is 9.88 Å². The van der Waals surface area contributed by atoms with Gasteiger partial charge in [0.15, 0.2) is 5.13 Å². The summed E-state index contributed by atoms with van der Waals surface area (Å²) in [7, 11) is 0. The van der Waals surface area contributed by atoms with Crippen LogP contribution in [0.4, 0.5) is 5.13 Å². The molecule has 0 unspecified atom stereocenters. The van der Waals surface area contributed by atoms with Crippen molar-refractivity contribution in [3.05, 3.63) is 45.4 Å². The molecule has 1 aromatic heterocycles. The summed E-state index contributed by atoms with van der Waals surface area (Å²) in [6.45, 7) is 5.67. The zero-order valence-electron chi connectivity index (χ0n) is 13.2. The minimum atomic E-state index is -0.256. The number of amides is 2. The van der Waals surface area contributed by atoms with Gasteiger partial charge >= 0.3 is 0 Å². The van der Waals surface area contributed by atoms with E-state index >= 15 is 0 Å². The fourth-order valence-electron chi connectivity index (χ4n) is 2.00. The Kier molecular flexibility index (Phi) is 5.90. The Bertz CT molecular complexity index is 715. The molecule has 0 aliphatic heterocycles. The van der Waals surface area contributed by atoms with Gasteiger partial charge in [-0.25, -0.2) is 4.98 Å². The lowest BCUT2D eigenvalue weighted by Crippen LogP contribution is -2.42. The van der Waals surface area contributed by atoms with Gasteiger partial charge in [0.2, 0.25) is 5.91 Å². The summed E-state index contributed by atoms with van der Waals surface area (Å²) in [6.07, 6.45) is 1.70. The molecule has 1 aromatic carbocycles. The molecule has 0 radical (unpaired) electrons. The molecule has 122 valence electrons. The van der Waals surface area contributed by atoms with Gasteiger partial charge in [0, 0.05) is 21.6 Å². The van der Waals surface area contributed by atoms with Gasteiger partial charge in [0.25, 0.3) is 5.91 Å². The number of benzene rings is 1. The van der Waals surface area contributed by atoms with Crippen molar-refractivity contribution >= 4 is 44.2 Å². The van der Waals surface area contributed by atoms with Crippen LogP contribution in [0, 0.1) is 6.92 Å². The summed E-state index contributed by atoms with van der Waals surface area (Å²) in [5.41, 5.74) is 0.541. The number of nitrogens with zero attached hydrogens (tertiary/aromatic N) is 2. The van der Waals surface area contributed by atoms with Crippen molar-refractivity contribution in [3.63, 3.8) is 0 Å². The molecule has 0 saturated carbocycles. The number of nitrogens with one attached hydrogen (secondary N) is 1. The molecule has 5 nitrogen and oxygen atoms in total. The van der Waals surface area contributed by atoms with Gasteiger partial charge in [-0.15, -0.1) is 11.3 Å². The second-order valence-corrected chi connectivity index (χ2v) is 7.42. The van der Waals surface area contributed by atoms with E-state index < -0.39 is 0 Å². The molecule has 1 N–H and O–H groups in total. The molecule has 0 bridgehead atoms. The van der Waals surface area contributed by atoms with Crippen LogP contribution in [0.2, 0.25) is 0 Å². The molecule has 2 aromatic rings. The van der Waals surface area contributed by atoms with Gasteiger partial charge in [0.1, 0.15) is 6.54 Å². The Hall–Kier alpha value is -1.73. The average molecular weight is 396 g/mol. The quantitative estimate of drug-likeness (QED) is 0.838. The SMILES string of the molecule is Cc1cnc(NC(=O)CN(C(=O)c2ccccc2Br)C(C)C)s1. The highest BCUT2D eigenvalue weighted by atomic mass is 79.9. The summed E-state index contributed by atoms with van der Waals surface area (Å²) in [6, 6.07) is 7.10. The van der Waals surface area contributed by atoms with Crippen LogP contribution in [0.5, 0.6) is 0 Å².